The first kappa shape index (κ1) is 13.9. The molecule has 0 fully saturated rings. The fraction of sp³-hybridized carbons (Fsp3) is 0.286. The Labute approximate surface area is 115 Å². The highest BCUT2D eigenvalue weighted by atomic mass is 16.5. The van der Waals surface area contributed by atoms with E-state index in [2.05, 4.69) is 0 Å². The number of ketones is 1. The predicted octanol–water partition coefficient (Wildman–Crippen LogP) is 0.803. The average molecular weight is 275 g/mol. The van der Waals surface area contributed by atoms with Crippen molar-refractivity contribution in [1.82, 2.24) is 4.90 Å². The van der Waals surface area contributed by atoms with E-state index in [9.17, 15) is 19.2 Å². The zero-order valence-electron chi connectivity index (χ0n) is 11.1. The van der Waals surface area contributed by atoms with Gasteiger partial charge in [0.15, 0.2) is 11.8 Å². The molecular weight excluding hydrogens is 262 g/mol. The van der Waals surface area contributed by atoms with Gasteiger partial charge in [-0.25, -0.2) is 4.79 Å². The SMILES string of the molecule is CCOC(=O)C(C(C)=O)N1C(=O)c2ccccc2C1=O. The first-order chi connectivity index (χ1) is 9.49. The van der Waals surface area contributed by atoms with Crippen LogP contribution in [0.5, 0.6) is 0 Å². The Hall–Kier alpha value is -2.50. The number of carbonyl (C=O) groups is 4. The van der Waals surface area contributed by atoms with E-state index in [1.807, 2.05) is 0 Å². The van der Waals surface area contributed by atoms with E-state index in [1.165, 1.54) is 12.1 Å². The molecule has 104 valence electrons. The molecule has 1 atom stereocenters. The molecule has 0 bridgehead atoms. The van der Waals surface area contributed by atoms with Gasteiger partial charge in [-0.05, 0) is 26.0 Å². The van der Waals surface area contributed by atoms with E-state index in [0.717, 1.165) is 6.92 Å². The first-order valence-electron chi connectivity index (χ1n) is 6.13. The molecule has 2 rings (SSSR count). The number of hydrogen-bond acceptors (Lipinski definition) is 5. The molecule has 0 aliphatic carbocycles. The molecule has 0 saturated carbocycles. The molecule has 0 radical (unpaired) electrons. The number of imide groups is 1. The molecule has 0 saturated heterocycles. The lowest BCUT2D eigenvalue weighted by Crippen LogP contribution is -2.49. The summed E-state index contributed by atoms with van der Waals surface area (Å²) in [6, 6.07) is 4.67. The van der Waals surface area contributed by atoms with Gasteiger partial charge in [-0.2, -0.15) is 0 Å². The monoisotopic (exact) mass is 275 g/mol. The van der Waals surface area contributed by atoms with E-state index in [0.29, 0.717) is 4.90 Å². The van der Waals surface area contributed by atoms with Crippen molar-refractivity contribution in [1.29, 1.82) is 0 Å². The van der Waals surface area contributed by atoms with Gasteiger partial charge in [-0.15, -0.1) is 0 Å². The van der Waals surface area contributed by atoms with Crippen LogP contribution in [0, 0.1) is 0 Å². The van der Waals surface area contributed by atoms with E-state index in [1.54, 1.807) is 19.1 Å². The first-order valence-corrected chi connectivity index (χ1v) is 6.13. The summed E-state index contributed by atoms with van der Waals surface area (Å²) in [5.74, 6) is -2.81. The number of benzene rings is 1. The summed E-state index contributed by atoms with van der Waals surface area (Å²) in [4.78, 5) is 48.6. The highest BCUT2D eigenvalue weighted by molar-refractivity contribution is 6.25. The summed E-state index contributed by atoms with van der Waals surface area (Å²) in [7, 11) is 0. The van der Waals surface area contributed by atoms with Crippen LogP contribution in [-0.2, 0) is 14.3 Å². The van der Waals surface area contributed by atoms with Gasteiger partial charge >= 0.3 is 5.97 Å². The lowest BCUT2D eigenvalue weighted by atomic mass is 10.1. The van der Waals surface area contributed by atoms with Gasteiger partial charge in [0, 0.05) is 0 Å². The van der Waals surface area contributed by atoms with Crippen molar-refractivity contribution >= 4 is 23.6 Å². The maximum absolute atomic E-state index is 12.2. The minimum atomic E-state index is -1.53. The Balaban J connectivity index is 2.42. The Kier molecular flexibility index (Phi) is 3.65. The number of hydrogen-bond donors (Lipinski definition) is 0. The van der Waals surface area contributed by atoms with Crippen molar-refractivity contribution in [3.8, 4) is 0 Å². The molecule has 0 spiro atoms. The summed E-state index contributed by atoms with van der Waals surface area (Å²) in [6.07, 6.45) is 0. The van der Waals surface area contributed by atoms with E-state index in [4.69, 9.17) is 4.74 Å². The second-order valence-electron chi connectivity index (χ2n) is 4.29. The molecule has 20 heavy (non-hydrogen) atoms. The highest BCUT2D eigenvalue weighted by Gasteiger charge is 2.45. The lowest BCUT2D eigenvalue weighted by molar-refractivity contribution is -0.150. The van der Waals surface area contributed by atoms with Gasteiger partial charge in [-0.1, -0.05) is 12.1 Å². The third kappa shape index (κ3) is 2.09. The number of ether oxygens (including phenoxy) is 1. The molecule has 0 N–H and O–H groups in total. The molecule has 6 nitrogen and oxygen atoms in total. The minimum Gasteiger partial charge on any atom is -0.464 e. The molecule has 0 aromatic heterocycles. The van der Waals surface area contributed by atoms with Crippen LogP contribution in [0.15, 0.2) is 24.3 Å². The Morgan fingerprint density at radius 1 is 1.15 bits per heavy atom. The zero-order valence-corrected chi connectivity index (χ0v) is 11.1. The van der Waals surface area contributed by atoms with Crippen LogP contribution < -0.4 is 0 Å². The Bertz CT molecular complexity index is 572. The standard InChI is InChI=1S/C14H13NO5/c1-3-20-14(19)11(8(2)16)15-12(17)9-6-4-5-7-10(9)13(15)18/h4-7,11H,3H2,1-2H3. The third-order valence-electron chi connectivity index (χ3n) is 2.98. The van der Waals surface area contributed by atoms with E-state index >= 15 is 0 Å². The van der Waals surface area contributed by atoms with Gasteiger partial charge < -0.3 is 4.74 Å². The summed E-state index contributed by atoms with van der Waals surface area (Å²) < 4.78 is 4.77. The van der Waals surface area contributed by atoms with Crippen LogP contribution in [0.1, 0.15) is 34.6 Å². The van der Waals surface area contributed by atoms with Gasteiger partial charge in [0.1, 0.15) is 0 Å². The number of carbonyl (C=O) groups excluding carboxylic acids is 4. The van der Waals surface area contributed by atoms with Crippen LogP contribution in [-0.4, -0.2) is 41.1 Å². The topological polar surface area (TPSA) is 80.8 Å². The van der Waals surface area contributed by atoms with Crippen LogP contribution in [0.3, 0.4) is 0 Å². The Morgan fingerprint density at radius 2 is 1.65 bits per heavy atom. The summed E-state index contributed by atoms with van der Waals surface area (Å²) in [5.41, 5.74) is 0.376. The second-order valence-corrected chi connectivity index (χ2v) is 4.29. The van der Waals surface area contributed by atoms with Crippen molar-refractivity contribution < 1.29 is 23.9 Å². The van der Waals surface area contributed by atoms with Crippen molar-refractivity contribution in [3.63, 3.8) is 0 Å². The molecule has 6 heteroatoms. The normalized spacial score (nSPS) is 15.0. The van der Waals surface area contributed by atoms with Crippen LogP contribution in [0.25, 0.3) is 0 Å². The zero-order chi connectivity index (χ0) is 14.9. The maximum Gasteiger partial charge on any atom is 0.337 e. The molecule has 2 amide bonds. The molecule has 1 heterocycles. The fourth-order valence-electron chi connectivity index (χ4n) is 2.12. The van der Waals surface area contributed by atoms with Crippen molar-refractivity contribution in [2.45, 2.75) is 19.9 Å². The minimum absolute atomic E-state index is 0.0613. The lowest BCUT2D eigenvalue weighted by Gasteiger charge is -2.21. The van der Waals surface area contributed by atoms with Gasteiger partial charge in [0.05, 0.1) is 17.7 Å². The van der Waals surface area contributed by atoms with Crippen molar-refractivity contribution in [3.05, 3.63) is 35.4 Å². The summed E-state index contributed by atoms with van der Waals surface area (Å²) in [6.45, 7) is 2.79. The third-order valence-corrected chi connectivity index (χ3v) is 2.98. The molecule has 1 aliphatic rings. The van der Waals surface area contributed by atoms with Crippen LogP contribution in [0.4, 0.5) is 0 Å². The number of esters is 1. The summed E-state index contributed by atoms with van der Waals surface area (Å²) >= 11 is 0. The number of Topliss-reactive ketones (excluding diaryl/α,β-unsaturated/α-hetero) is 1. The van der Waals surface area contributed by atoms with Crippen LogP contribution in [0.2, 0.25) is 0 Å². The van der Waals surface area contributed by atoms with Crippen molar-refractivity contribution in [2.75, 3.05) is 6.61 Å². The maximum atomic E-state index is 12.2. The fourth-order valence-corrected chi connectivity index (χ4v) is 2.12. The molecule has 1 unspecified atom stereocenters. The molecule has 1 aromatic rings. The predicted molar refractivity (Wildman–Crippen MR) is 68.0 cm³/mol. The number of fused-ring (bicyclic) bond motifs is 1. The molecular formula is C14H13NO5. The number of amides is 2. The number of nitrogens with zero attached hydrogens (tertiary/aromatic N) is 1. The summed E-state index contributed by atoms with van der Waals surface area (Å²) in [5, 5.41) is 0. The largest absolute Gasteiger partial charge is 0.464 e. The number of rotatable bonds is 4. The Morgan fingerprint density at radius 3 is 2.05 bits per heavy atom. The van der Waals surface area contributed by atoms with Gasteiger partial charge in [-0.3, -0.25) is 19.3 Å². The molecule has 1 aromatic carbocycles. The van der Waals surface area contributed by atoms with Gasteiger partial charge in [0.2, 0.25) is 0 Å². The quantitative estimate of drug-likeness (QED) is 0.461. The second kappa shape index (κ2) is 5.24. The average Bonchev–Trinajstić information content (AvgIpc) is 2.65. The van der Waals surface area contributed by atoms with Crippen LogP contribution >= 0.6 is 0 Å². The van der Waals surface area contributed by atoms with Gasteiger partial charge in [0.25, 0.3) is 11.8 Å². The highest BCUT2D eigenvalue weighted by Crippen LogP contribution is 2.25. The van der Waals surface area contributed by atoms with E-state index < -0.39 is 29.6 Å². The smallest absolute Gasteiger partial charge is 0.337 e. The van der Waals surface area contributed by atoms with E-state index in [-0.39, 0.29) is 17.7 Å². The molecule has 1 aliphatic heterocycles. The van der Waals surface area contributed by atoms with Crippen molar-refractivity contribution in [2.24, 2.45) is 0 Å².